The molecule has 2 aromatic carbocycles. The molecule has 0 bridgehead atoms. The number of methoxy groups -OCH3 is 1. The highest BCUT2D eigenvalue weighted by atomic mass is 35.5. The predicted molar refractivity (Wildman–Crippen MR) is 102 cm³/mol. The van der Waals surface area contributed by atoms with Crippen molar-refractivity contribution in [2.45, 2.75) is 6.92 Å². The molecule has 0 radical (unpaired) electrons. The summed E-state index contributed by atoms with van der Waals surface area (Å²) in [6, 6.07) is 12.8. The van der Waals surface area contributed by atoms with Crippen molar-refractivity contribution >= 4 is 34.7 Å². The number of amides is 1. The van der Waals surface area contributed by atoms with Crippen molar-refractivity contribution in [1.29, 1.82) is 0 Å². The number of hydrogen-bond donors (Lipinski definition) is 2. The van der Waals surface area contributed by atoms with E-state index in [1.54, 1.807) is 25.3 Å². The van der Waals surface area contributed by atoms with Gasteiger partial charge in [-0.1, -0.05) is 23.7 Å². The molecule has 26 heavy (non-hydrogen) atoms. The van der Waals surface area contributed by atoms with Crippen LogP contribution in [-0.4, -0.2) is 23.0 Å². The Kier molecular flexibility index (Phi) is 5.34. The number of halogens is 1. The van der Waals surface area contributed by atoms with Crippen LogP contribution in [-0.2, 0) is 0 Å². The third kappa shape index (κ3) is 4.10. The molecule has 0 aliphatic heterocycles. The molecule has 0 aliphatic carbocycles. The SMILES string of the molecule is COc1cccc(Nc2cnc(C(=O)Nc3cccc(Cl)c3C)cn2)c1. The minimum Gasteiger partial charge on any atom is -0.497 e. The molecule has 7 heteroatoms. The highest BCUT2D eigenvalue weighted by molar-refractivity contribution is 6.31. The summed E-state index contributed by atoms with van der Waals surface area (Å²) >= 11 is 6.07. The second kappa shape index (κ2) is 7.84. The van der Waals surface area contributed by atoms with Crippen molar-refractivity contribution in [3.05, 3.63) is 71.1 Å². The molecular formula is C19H17ClN4O2. The van der Waals surface area contributed by atoms with E-state index < -0.39 is 0 Å². The Morgan fingerprint density at radius 2 is 1.92 bits per heavy atom. The zero-order valence-corrected chi connectivity index (χ0v) is 15.0. The van der Waals surface area contributed by atoms with Crippen LogP contribution in [0.15, 0.2) is 54.9 Å². The second-order valence-electron chi connectivity index (χ2n) is 5.51. The van der Waals surface area contributed by atoms with Crippen LogP contribution >= 0.6 is 11.6 Å². The van der Waals surface area contributed by atoms with Gasteiger partial charge in [0.25, 0.3) is 5.91 Å². The molecule has 6 nitrogen and oxygen atoms in total. The summed E-state index contributed by atoms with van der Waals surface area (Å²) in [5.41, 5.74) is 2.46. The van der Waals surface area contributed by atoms with Crippen molar-refractivity contribution in [3.63, 3.8) is 0 Å². The van der Waals surface area contributed by atoms with E-state index in [1.807, 2.05) is 31.2 Å². The van der Waals surface area contributed by atoms with Crippen molar-refractivity contribution < 1.29 is 9.53 Å². The highest BCUT2D eigenvalue weighted by Crippen LogP contribution is 2.23. The smallest absolute Gasteiger partial charge is 0.275 e. The molecule has 132 valence electrons. The van der Waals surface area contributed by atoms with Gasteiger partial charge in [0.1, 0.15) is 17.3 Å². The summed E-state index contributed by atoms with van der Waals surface area (Å²) in [5, 5.41) is 6.49. The van der Waals surface area contributed by atoms with Crippen LogP contribution in [0.2, 0.25) is 5.02 Å². The molecule has 0 fully saturated rings. The van der Waals surface area contributed by atoms with Crippen molar-refractivity contribution in [3.8, 4) is 5.75 Å². The first-order valence-corrected chi connectivity index (χ1v) is 8.24. The molecule has 3 rings (SSSR count). The Morgan fingerprint density at radius 1 is 1.12 bits per heavy atom. The Balaban J connectivity index is 1.70. The lowest BCUT2D eigenvalue weighted by Crippen LogP contribution is -2.15. The van der Waals surface area contributed by atoms with Gasteiger partial charge in [-0.05, 0) is 36.8 Å². The predicted octanol–water partition coefficient (Wildman–Crippen LogP) is 4.44. The average molecular weight is 369 g/mol. The van der Waals surface area contributed by atoms with Crippen molar-refractivity contribution in [1.82, 2.24) is 9.97 Å². The van der Waals surface area contributed by atoms with Gasteiger partial charge < -0.3 is 15.4 Å². The zero-order valence-electron chi connectivity index (χ0n) is 14.3. The Labute approximate surface area is 156 Å². The molecule has 0 unspecified atom stereocenters. The number of carbonyl (C=O) groups is 1. The van der Waals surface area contributed by atoms with Gasteiger partial charge >= 0.3 is 0 Å². The van der Waals surface area contributed by atoms with Gasteiger partial charge in [0.2, 0.25) is 0 Å². The Bertz CT molecular complexity index is 929. The van der Waals surface area contributed by atoms with Crippen LogP contribution in [0.5, 0.6) is 5.75 Å². The molecule has 1 aromatic heterocycles. The maximum absolute atomic E-state index is 12.3. The molecule has 1 amide bonds. The van der Waals surface area contributed by atoms with Crippen LogP contribution in [0.4, 0.5) is 17.2 Å². The molecule has 0 saturated carbocycles. The number of nitrogens with zero attached hydrogens (tertiary/aromatic N) is 2. The van der Waals surface area contributed by atoms with Crippen LogP contribution in [0.3, 0.4) is 0 Å². The topological polar surface area (TPSA) is 76.1 Å². The van der Waals surface area contributed by atoms with Crippen LogP contribution in [0.1, 0.15) is 16.1 Å². The first-order valence-electron chi connectivity index (χ1n) is 7.86. The van der Waals surface area contributed by atoms with Crippen molar-refractivity contribution in [2.24, 2.45) is 0 Å². The van der Waals surface area contributed by atoms with Gasteiger partial charge in [-0.25, -0.2) is 9.97 Å². The summed E-state index contributed by atoms with van der Waals surface area (Å²) in [6.07, 6.45) is 2.91. The van der Waals surface area contributed by atoms with Crippen LogP contribution in [0.25, 0.3) is 0 Å². The number of aromatic nitrogens is 2. The lowest BCUT2D eigenvalue weighted by molar-refractivity contribution is 0.102. The molecule has 0 atom stereocenters. The quantitative estimate of drug-likeness (QED) is 0.696. The molecule has 0 aliphatic rings. The normalized spacial score (nSPS) is 10.3. The minimum absolute atomic E-state index is 0.209. The highest BCUT2D eigenvalue weighted by Gasteiger charge is 2.11. The number of rotatable bonds is 5. The third-order valence-electron chi connectivity index (χ3n) is 3.74. The second-order valence-corrected chi connectivity index (χ2v) is 5.92. The van der Waals surface area contributed by atoms with E-state index in [-0.39, 0.29) is 11.6 Å². The van der Waals surface area contributed by atoms with Crippen LogP contribution < -0.4 is 15.4 Å². The summed E-state index contributed by atoms with van der Waals surface area (Å²) in [6.45, 7) is 1.84. The fourth-order valence-corrected chi connectivity index (χ4v) is 2.46. The maximum Gasteiger partial charge on any atom is 0.275 e. The summed E-state index contributed by atoms with van der Waals surface area (Å²) in [5.74, 6) is 0.903. The lowest BCUT2D eigenvalue weighted by Gasteiger charge is -2.10. The lowest BCUT2D eigenvalue weighted by atomic mass is 10.2. The van der Waals surface area contributed by atoms with E-state index in [9.17, 15) is 4.79 Å². The third-order valence-corrected chi connectivity index (χ3v) is 4.15. The maximum atomic E-state index is 12.3. The first kappa shape index (κ1) is 17.7. The molecule has 3 aromatic rings. The standard InChI is InChI=1S/C19H17ClN4O2/c1-12-15(20)7-4-8-16(12)24-19(25)17-10-22-18(11-21-17)23-13-5-3-6-14(9-13)26-2/h3-11H,1-2H3,(H,22,23)(H,24,25). The number of benzene rings is 2. The van der Waals surface area contributed by atoms with E-state index in [0.29, 0.717) is 16.5 Å². The monoisotopic (exact) mass is 368 g/mol. The average Bonchev–Trinajstić information content (AvgIpc) is 2.66. The van der Waals surface area contributed by atoms with E-state index in [1.165, 1.54) is 12.4 Å². The van der Waals surface area contributed by atoms with Gasteiger partial charge in [0.15, 0.2) is 0 Å². The number of ether oxygens (including phenoxy) is 1. The Hall–Kier alpha value is -3.12. The first-order chi connectivity index (χ1) is 12.6. The van der Waals surface area contributed by atoms with E-state index in [0.717, 1.165) is 17.0 Å². The summed E-state index contributed by atoms with van der Waals surface area (Å²) < 4.78 is 5.18. The van der Waals surface area contributed by atoms with E-state index in [4.69, 9.17) is 16.3 Å². The zero-order chi connectivity index (χ0) is 18.5. The molecular weight excluding hydrogens is 352 g/mol. The van der Waals surface area contributed by atoms with Gasteiger partial charge in [0.05, 0.1) is 19.5 Å². The Morgan fingerprint density at radius 3 is 2.65 bits per heavy atom. The fraction of sp³-hybridized carbons (Fsp3) is 0.105. The summed E-state index contributed by atoms with van der Waals surface area (Å²) in [4.78, 5) is 20.7. The molecule has 0 saturated heterocycles. The molecule has 1 heterocycles. The van der Waals surface area contributed by atoms with E-state index in [2.05, 4.69) is 20.6 Å². The molecule has 2 N–H and O–H groups in total. The fourth-order valence-electron chi connectivity index (χ4n) is 2.29. The minimum atomic E-state index is -0.351. The number of nitrogens with one attached hydrogen (secondary N) is 2. The molecule has 0 spiro atoms. The van der Waals surface area contributed by atoms with Crippen LogP contribution in [0, 0.1) is 6.92 Å². The number of anilines is 3. The van der Waals surface area contributed by atoms with Gasteiger partial charge in [-0.3, -0.25) is 4.79 Å². The number of carbonyl (C=O) groups excluding carboxylic acids is 1. The van der Waals surface area contributed by atoms with Gasteiger partial charge in [-0.2, -0.15) is 0 Å². The van der Waals surface area contributed by atoms with Crippen molar-refractivity contribution in [2.75, 3.05) is 17.7 Å². The van der Waals surface area contributed by atoms with Gasteiger partial charge in [-0.15, -0.1) is 0 Å². The van der Waals surface area contributed by atoms with E-state index >= 15 is 0 Å². The largest absolute Gasteiger partial charge is 0.497 e. The number of hydrogen-bond acceptors (Lipinski definition) is 5. The van der Waals surface area contributed by atoms with Gasteiger partial charge in [0, 0.05) is 22.5 Å². The summed E-state index contributed by atoms with van der Waals surface area (Å²) in [7, 11) is 1.61.